The van der Waals surface area contributed by atoms with E-state index in [2.05, 4.69) is 14.7 Å². The summed E-state index contributed by atoms with van der Waals surface area (Å²) in [5.74, 6) is -1.27. The third-order valence-corrected chi connectivity index (χ3v) is 3.81. The Labute approximate surface area is 118 Å². The predicted molar refractivity (Wildman–Crippen MR) is 70.6 cm³/mol. The van der Waals surface area contributed by atoms with Crippen molar-refractivity contribution in [3.8, 4) is 0 Å². The lowest BCUT2D eigenvalue weighted by molar-refractivity contribution is -0.387. The highest BCUT2D eigenvalue weighted by Gasteiger charge is 2.24. The second-order valence-corrected chi connectivity index (χ2v) is 5.69. The number of aryl methyl sites for hydroxylation is 1. The molecule has 0 atom stereocenters. The number of nitro benzene ring substituents is 1. The summed E-state index contributed by atoms with van der Waals surface area (Å²) < 4.78 is 39.8. The number of nitrogens with zero attached hydrogens (tertiary/aromatic N) is 3. The number of hydrogen-bond acceptors (Lipinski definition) is 6. The number of aromatic nitrogens is 2. The molecule has 10 heteroatoms. The summed E-state index contributed by atoms with van der Waals surface area (Å²) in [6.07, 6.45) is 2.65. The zero-order valence-electron chi connectivity index (χ0n) is 10.6. The molecule has 8 nitrogen and oxygen atoms in total. The van der Waals surface area contributed by atoms with Crippen LogP contribution >= 0.6 is 0 Å². The van der Waals surface area contributed by atoms with Crippen LogP contribution in [-0.4, -0.2) is 23.3 Å². The minimum Gasteiger partial charge on any atom is -0.258 e. The van der Waals surface area contributed by atoms with Gasteiger partial charge in [0.15, 0.2) is 0 Å². The average Bonchev–Trinajstić information content (AvgIpc) is 2.41. The molecule has 0 unspecified atom stereocenters. The van der Waals surface area contributed by atoms with E-state index in [4.69, 9.17) is 0 Å². The zero-order valence-corrected chi connectivity index (χ0v) is 11.5. The van der Waals surface area contributed by atoms with E-state index >= 15 is 0 Å². The minimum atomic E-state index is -4.15. The molecule has 1 N–H and O–H groups in total. The summed E-state index contributed by atoms with van der Waals surface area (Å²) in [5.41, 5.74) is -1.07. The van der Waals surface area contributed by atoms with Crippen molar-refractivity contribution in [3.05, 3.63) is 52.1 Å². The van der Waals surface area contributed by atoms with Crippen molar-refractivity contribution >= 4 is 21.7 Å². The summed E-state index contributed by atoms with van der Waals surface area (Å²) in [7, 11) is -4.15. The van der Waals surface area contributed by atoms with Crippen LogP contribution in [0.3, 0.4) is 0 Å². The Hall–Kier alpha value is -2.62. The standard InChI is InChI=1S/C11H9FN4O4S/c1-7-5-8(6-9(10(7)12)16(17)18)21(19,20)15-11-13-3-2-4-14-11/h2-6H,1H3,(H,13,14,15). The Morgan fingerprint density at radius 3 is 2.48 bits per heavy atom. The van der Waals surface area contributed by atoms with Crippen molar-refractivity contribution in [2.24, 2.45) is 0 Å². The normalized spacial score (nSPS) is 11.1. The van der Waals surface area contributed by atoms with Gasteiger partial charge < -0.3 is 0 Å². The van der Waals surface area contributed by atoms with E-state index in [0.717, 1.165) is 6.07 Å². The molecule has 0 fully saturated rings. The maximum Gasteiger partial charge on any atom is 0.306 e. The number of benzene rings is 1. The molecule has 21 heavy (non-hydrogen) atoms. The second kappa shape index (κ2) is 5.40. The molecule has 110 valence electrons. The molecule has 2 aromatic rings. The first kappa shape index (κ1) is 14.8. The maximum atomic E-state index is 13.6. The average molecular weight is 312 g/mol. The molecule has 1 aromatic heterocycles. The molecule has 1 heterocycles. The summed E-state index contributed by atoms with van der Waals surface area (Å²) in [5, 5.41) is 10.7. The Balaban J connectivity index is 2.48. The third kappa shape index (κ3) is 3.11. The molecule has 0 aliphatic heterocycles. The smallest absolute Gasteiger partial charge is 0.258 e. The van der Waals surface area contributed by atoms with E-state index in [1.54, 1.807) is 0 Å². The fourth-order valence-electron chi connectivity index (χ4n) is 1.54. The molecule has 0 aliphatic carbocycles. The number of sulfonamides is 1. The van der Waals surface area contributed by atoms with E-state index in [1.165, 1.54) is 25.4 Å². The highest BCUT2D eigenvalue weighted by molar-refractivity contribution is 7.92. The van der Waals surface area contributed by atoms with Crippen LogP contribution in [0.4, 0.5) is 16.0 Å². The molecule has 0 spiro atoms. The van der Waals surface area contributed by atoms with Crippen LogP contribution in [-0.2, 0) is 10.0 Å². The lowest BCUT2D eigenvalue weighted by Gasteiger charge is -2.07. The molecule has 0 aliphatic rings. The molecule has 2 rings (SSSR count). The summed E-state index contributed by atoms with van der Waals surface area (Å²) in [6, 6.07) is 3.13. The molecule has 0 bridgehead atoms. The van der Waals surface area contributed by atoms with Crippen LogP contribution in [0, 0.1) is 22.9 Å². The highest BCUT2D eigenvalue weighted by Crippen LogP contribution is 2.25. The zero-order chi connectivity index (χ0) is 15.6. The maximum absolute atomic E-state index is 13.6. The lowest BCUT2D eigenvalue weighted by atomic mass is 10.2. The van der Waals surface area contributed by atoms with E-state index in [-0.39, 0.29) is 11.5 Å². The fraction of sp³-hybridized carbons (Fsp3) is 0.0909. The molecule has 0 saturated carbocycles. The Morgan fingerprint density at radius 1 is 1.29 bits per heavy atom. The van der Waals surface area contributed by atoms with Crippen molar-refractivity contribution in [2.45, 2.75) is 11.8 Å². The first-order valence-corrected chi connectivity index (χ1v) is 7.04. The number of anilines is 1. The second-order valence-electron chi connectivity index (χ2n) is 4.01. The largest absolute Gasteiger partial charge is 0.306 e. The summed E-state index contributed by atoms with van der Waals surface area (Å²) in [4.78, 5) is 16.7. The lowest BCUT2D eigenvalue weighted by Crippen LogP contribution is -2.15. The van der Waals surface area contributed by atoms with E-state index < -0.39 is 31.3 Å². The van der Waals surface area contributed by atoms with Gasteiger partial charge in [0.25, 0.3) is 10.0 Å². The summed E-state index contributed by atoms with van der Waals surface area (Å²) >= 11 is 0. The fourth-order valence-corrected chi connectivity index (χ4v) is 2.60. The van der Waals surface area contributed by atoms with Gasteiger partial charge in [0.1, 0.15) is 0 Å². The van der Waals surface area contributed by atoms with Gasteiger partial charge in [-0.2, -0.15) is 4.39 Å². The van der Waals surface area contributed by atoms with Crippen LogP contribution < -0.4 is 4.72 Å². The molecule has 0 saturated heterocycles. The van der Waals surface area contributed by atoms with Gasteiger partial charge in [-0.05, 0) is 24.6 Å². The van der Waals surface area contributed by atoms with E-state index in [1.807, 2.05) is 0 Å². The van der Waals surface area contributed by atoms with Crippen molar-refractivity contribution in [2.75, 3.05) is 4.72 Å². The number of nitrogens with one attached hydrogen (secondary N) is 1. The first-order valence-electron chi connectivity index (χ1n) is 5.55. The number of rotatable bonds is 4. The van der Waals surface area contributed by atoms with Crippen molar-refractivity contribution in [1.29, 1.82) is 0 Å². The van der Waals surface area contributed by atoms with Gasteiger partial charge in [0.2, 0.25) is 11.8 Å². The SMILES string of the molecule is Cc1cc(S(=O)(=O)Nc2ncccn2)cc([N+](=O)[O-])c1F. The van der Waals surface area contributed by atoms with Crippen LogP contribution in [0.15, 0.2) is 35.5 Å². The van der Waals surface area contributed by atoms with Crippen molar-refractivity contribution in [3.63, 3.8) is 0 Å². The molecular weight excluding hydrogens is 303 g/mol. The van der Waals surface area contributed by atoms with Gasteiger partial charge in [0.05, 0.1) is 9.82 Å². The molecule has 0 radical (unpaired) electrons. The molecule has 1 aromatic carbocycles. The van der Waals surface area contributed by atoms with Gasteiger partial charge in [-0.1, -0.05) is 0 Å². The van der Waals surface area contributed by atoms with Crippen LogP contribution in [0.5, 0.6) is 0 Å². The van der Waals surface area contributed by atoms with Crippen molar-refractivity contribution in [1.82, 2.24) is 9.97 Å². The van der Waals surface area contributed by atoms with Gasteiger partial charge >= 0.3 is 5.69 Å². The molecule has 0 amide bonds. The number of hydrogen-bond donors (Lipinski definition) is 1. The monoisotopic (exact) mass is 312 g/mol. The Kier molecular flexibility index (Phi) is 3.80. The van der Waals surface area contributed by atoms with E-state index in [0.29, 0.717) is 6.07 Å². The van der Waals surface area contributed by atoms with Gasteiger partial charge in [0, 0.05) is 18.5 Å². The molecular formula is C11H9FN4O4S. The van der Waals surface area contributed by atoms with Gasteiger partial charge in [-0.3, -0.25) is 10.1 Å². The third-order valence-electron chi connectivity index (χ3n) is 2.51. The Morgan fingerprint density at radius 2 is 1.90 bits per heavy atom. The Bertz CT molecular complexity index is 795. The van der Waals surface area contributed by atoms with Gasteiger partial charge in [-0.25, -0.2) is 23.1 Å². The number of nitro groups is 1. The van der Waals surface area contributed by atoms with Crippen LogP contribution in [0.25, 0.3) is 0 Å². The quantitative estimate of drug-likeness (QED) is 0.677. The number of halogens is 1. The summed E-state index contributed by atoms with van der Waals surface area (Å²) in [6.45, 7) is 1.24. The van der Waals surface area contributed by atoms with Crippen LogP contribution in [0.2, 0.25) is 0 Å². The topological polar surface area (TPSA) is 115 Å². The van der Waals surface area contributed by atoms with Gasteiger partial charge in [-0.15, -0.1) is 0 Å². The van der Waals surface area contributed by atoms with E-state index in [9.17, 15) is 22.9 Å². The highest BCUT2D eigenvalue weighted by atomic mass is 32.2. The predicted octanol–water partition coefficient (Wildman–Crippen LogP) is 1.63. The van der Waals surface area contributed by atoms with Crippen LogP contribution in [0.1, 0.15) is 5.56 Å². The minimum absolute atomic E-state index is 0.154. The van der Waals surface area contributed by atoms with Crippen molar-refractivity contribution < 1.29 is 17.7 Å². The first-order chi connectivity index (χ1) is 9.81.